The van der Waals surface area contributed by atoms with Crippen LogP contribution >= 0.6 is 11.3 Å². The molecule has 2 aromatic rings. The predicted molar refractivity (Wildman–Crippen MR) is 101 cm³/mol. The van der Waals surface area contributed by atoms with Crippen molar-refractivity contribution in [2.45, 2.75) is 33.1 Å². The fourth-order valence-electron chi connectivity index (χ4n) is 2.39. The van der Waals surface area contributed by atoms with Crippen LogP contribution in [0.15, 0.2) is 39.4 Å². The quantitative estimate of drug-likeness (QED) is 0.585. The molecule has 0 bridgehead atoms. The molecule has 6 heteroatoms. The van der Waals surface area contributed by atoms with E-state index in [0.717, 1.165) is 37.8 Å². The summed E-state index contributed by atoms with van der Waals surface area (Å²) in [5.74, 6) is 2.85. The third-order valence-corrected chi connectivity index (χ3v) is 4.63. The van der Waals surface area contributed by atoms with Crippen LogP contribution in [-0.2, 0) is 6.42 Å². The van der Waals surface area contributed by atoms with Crippen LogP contribution in [-0.4, -0.2) is 42.5 Å². The second-order valence-electron chi connectivity index (χ2n) is 6.47. The standard InChI is InChI=1S/C18H28N4OS/c1-14(2)12-21-18(20-8-7-16-6-5-10-23-16)22(4)13-15(3)17-19-9-11-24-17/h5-6,9-11,14-15H,7-8,12-13H2,1-4H3,(H,20,21). The molecule has 0 radical (unpaired) electrons. The molecule has 0 fully saturated rings. The van der Waals surface area contributed by atoms with Gasteiger partial charge < -0.3 is 14.6 Å². The number of aliphatic imine (C=N–C) groups is 1. The van der Waals surface area contributed by atoms with E-state index in [9.17, 15) is 0 Å². The van der Waals surface area contributed by atoms with E-state index in [2.05, 4.69) is 43.0 Å². The van der Waals surface area contributed by atoms with Crippen molar-refractivity contribution in [3.63, 3.8) is 0 Å². The Morgan fingerprint density at radius 1 is 1.42 bits per heavy atom. The van der Waals surface area contributed by atoms with E-state index in [-0.39, 0.29) is 0 Å². The summed E-state index contributed by atoms with van der Waals surface area (Å²) in [6.45, 7) is 9.08. The SMILES string of the molecule is CC(C)CN=C(NCCc1ccco1)N(C)CC(C)c1nccs1. The first-order valence-electron chi connectivity index (χ1n) is 8.47. The fraction of sp³-hybridized carbons (Fsp3) is 0.556. The Bertz CT molecular complexity index is 593. The highest BCUT2D eigenvalue weighted by Gasteiger charge is 2.14. The summed E-state index contributed by atoms with van der Waals surface area (Å²) in [4.78, 5) is 11.4. The summed E-state index contributed by atoms with van der Waals surface area (Å²) in [5.41, 5.74) is 0. The molecule has 0 saturated carbocycles. The van der Waals surface area contributed by atoms with Crippen molar-refractivity contribution in [2.75, 3.05) is 26.7 Å². The van der Waals surface area contributed by atoms with Gasteiger partial charge in [0.1, 0.15) is 5.76 Å². The summed E-state index contributed by atoms with van der Waals surface area (Å²) < 4.78 is 5.39. The molecule has 0 aliphatic heterocycles. The van der Waals surface area contributed by atoms with Gasteiger partial charge in [-0.15, -0.1) is 11.3 Å². The number of hydrogen-bond acceptors (Lipinski definition) is 4. The summed E-state index contributed by atoms with van der Waals surface area (Å²) in [7, 11) is 2.09. The molecule has 0 spiro atoms. The predicted octanol–water partition coefficient (Wildman–Crippen LogP) is 3.62. The monoisotopic (exact) mass is 348 g/mol. The van der Waals surface area contributed by atoms with E-state index in [0.29, 0.717) is 11.8 Å². The van der Waals surface area contributed by atoms with Gasteiger partial charge in [0.25, 0.3) is 0 Å². The number of nitrogens with one attached hydrogen (secondary N) is 1. The molecule has 0 amide bonds. The average Bonchev–Trinajstić information content (AvgIpc) is 3.23. The zero-order chi connectivity index (χ0) is 17.4. The smallest absolute Gasteiger partial charge is 0.193 e. The van der Waals surface area contributed by atoms with Gasteiger partial charge in [0, 0.05) is 50.6 Å². The normalized spacial score (nSPS) is 13.3. The van der Waals surface area contributed by atoms with Crippen molar-refractivity contribution in [3.05, 3.63) is 40.7 Å². The largest absolute Gasteiger partial charge is 0.469 e. The molecule has 1 atom stereocenters. The Balaban J connectivity index is 1.92. The first kappa shape index (κ1) is 18.5. The zero-order valence-electron chi connectivity index (χ0n) is 15.0. The molecule has 0 aliphatic carbocycles. The van der Waals surface area contributed by atoms with Gasteiger partial charge in [0.05, 0.1) is 11.3 Å². The first-order chi connectivity index (χ1) is 11.6. The Morgan fingerprint density at radius 2 is 2.25 bits per heavy atom. The minimum absolute atomic E-state index is 0.381. The number of rotatable bonds is 8. The third-order valence-electron chi connectivity index (χ3n) is 3.62. The lowest BCUT2D eigenvalue weighted by atomic mass is 10.2. The van der Waals surface area contributed by atoms with Gasteiger partial charge in [0.2, 0.25) is 0 Å². The van der Waals surface area contributed by atoms with Gasteiger partial charge in [-0.3, -0.25) is 4.99 Å². The molecule has 0 aromatic carbocycles. The van der Waals surface area contributed by atoms with Crippen LogP contribution in [0.3, 0.4) is 0 Å². The highest BCUT2D eigenvalue weighted by Crippen LogP contribution is 2.18. The van der Waals surface area contributed by atoms with Gasteiger partial charge in [-0.25, -0.2) is 4.98 Å². The maximum Gasteiger partial charge on any atom is 0.193 e. The van der Waals surface area contributed by atoms with Crippen molar-refractivity contribution in [1.82, 2.24) is 15.2 Å². The van der Waals surface area contributed by atoms with Crippen LogP contribution in [0.25, 0.3) is 0 Å². The minimum Gasteiger partial charge on any atom is -0.469 e. The average molecular weight is 349 g/mol. The molecule has 2 heterocycles. The molecule has 0 aliphatic rings. The topological polar surface area (TPSA) is 53.7 Å². The summed E-state index contributed by atoms with van der Waals surface area (Å²) in [6, 6.07) is 3.92. The molecule has 2 rings (SSSR count). The number of guanidine groups is 1. The number of thiazole rings is 1. The summed E-state index contributed by atoms with van der Waals surface area (Å²) in [5, 5.41) is 6.66. The van der Waals surface area contributed by atoms with Gasteiger partial charge in [-0.05, 0) is 18.1 Å². The van der Waals surface area contributed by atoms with Crippen molar-refractivity contribution >= 4 is 17.3 Å². The Hall–Kier alpha value is -1.82. The van der Waals surface area contributed by atoms with Gasteiger partial charge in [-0.2, -0.15) is 0 Å². The Morgan fingerprint density at radius 3 is 2.88 bits per heavy atom. The van der Waals surface area contributed by atoms with Crippen LogP contribution in [0.4, 0.5) is 0 Å². The van der Waals surface area contributed by atoms with E-state index in [1.165, 1.54) is 5.01 Å². The van der Waals surface area contributed by atoms with Crippen molar-refractivity contribution in [3.8, 4) is 0 Å². The van der Waals surface area contributed by atoms with Crippen molar-refractivity contribution < 1.29 is 4.42 Å². The highest BCUT2D eigenvalue weighted by atomic mass is 32.1. The molecule has 2 aromatic heterocycles. The second-order valence-corrected chi connectivity index (χ2v) is 7.39. The molecular weight excluding hydrogens is 320 g/mol. The molecule has 132 valence electrons. The Labute approximate surface area is 148 Å². The van der Waals surface area contributed by atoms with Crippen LogP contribution in [0.2, 0.25) is 0 Å². The molecule has 5 nitrogen and oxygen atoms in total. The highest BCUT2D eigenvalue weighted by molar-refractivity contribution is 7.09. The number of aromatic nitrogens is 1. The van der Waals surface area contributed by atoms with Crippen molar-refractivity contribution in [1.29, 1.82) is 0 Å². The zero-order valence-corrected chi connectivity index (χ0v) is 15.8. The molecule has 0 saturated heterocycles. The molecular formula is C18H28N4OS. The van der Waals surface area contributed by atoms with Crippen LogP contribution in [0, 0.1) is 5.92 Å². The maximum atomic E-state index is 5.39. The lowest BCUT2D eigenvalue weighted by Gasteiger charge is -2.25. The number of furan rings is 1. The molecule has 24 heavy (non-hydrogen) atoms. The third kappa shape index (κ3) is 6.00. The number of nitrogens with zero attached hydrogens (tertiary/aromatic N) is 3. The summed E-state index contributed by atoms with van der Waals surface area (Å²) >= 11 is 1.71. The van der Waals surface area contributed by atoms with E-state index in [1.807, 2.05) is 23.7 Å². The number of hydrogen-bond donors (Lipinski definition) is 1. The maximum absolute atomic E-state index is 5.39. The van der Waals surface area contributed by atoms with Crippen LogP contribution < -0.4 is 5.32 Å². The van der Waals surface area contributed by atoms with E-state index < -0.39 is 0 Å². The van der Waals surface area contributed by atoms with Crippen LogP contribution in [0.5, 0.6) is 0 Å². The van der Waals surface area contributed by atoms with E-state index in [4.69, 9.17) is 9.41 Å². The number of likely N-dealkylation sites (N-methyl/N-ethyl adjacent to an activating group) is 1. The molecule has 1 N–H and O–H groups in total. The lowest BCUT2D eigenvalue weighted by Crippen LogP contribution is -2.41. The first-order valence-corrected chi connectivity index (χ1v) is 9.35. The Kier molecular flexibility index (Phi) is 7.31. The van der Waals surface area contributed by atoms with Crippen molar-refractivity contribution in [2.24, 2.45) is 10.9 Å². The lowest BCUT2D eigenvalue weighted by molar-refractivity contribution is 0.440. The second kappa shape index (κ2) is 9.47. The van der Waals surface area contributed by atoms with Gasteiger partial charge in [0.15, 0.2) is 5.96 Å². The van der Waals surface area contributed by atoms with Gasteiger partial charge >= 0.3 is 0 Å². The van der Waals surface area contributed by atoms with Crippen LogP contribution in [0.1, 0.15) is 37.5 Å². The van der Waals surface area contributed by atoms with E-state index in [1.54, 1.807) is 17.6 Å². The minimum atomic E-state index is 0.381. The fourth-order valence-corrected chi connectivity index (χ4v) is 3.08. The van der Waals surface area contributed by atoms with E-state index >= 15 is 0 Å². The summed E-state index contributed by atoms with van der Waals surface area (Å²) in [6.07, 6.45) is 4.43. The van der Waals surface area contributed by atoms with Gasteiger partial charge in [-0.1, -0.05) is 20.8 Å². The molecule has 1 unspecified atom stereocenters.